The SMILES string of the molecule is CCONC(=S)[S-].[Na+]. The molecule has 0 amide bonds. The second-order valence-corrected chi connectivity index (χ2v) is 1.90. The Hall–Kier alpha value is 1.07. The minimum Gasteiger partial charge on any atom is -0.409 e. The van der Waals surface area contributed by atoms with Crippen molar-refractivity contribution in [1.29, 1.82) is 0 Å². The van der Waals surface area contributed by atoms with Gasteiger partial charge in [0.1, 0.15) is 0 Å². The van der Waals surface area contributed by atoms with Crippen molar-refractivity contribution >= 4 is 29.2 Å². The average Bonchev–Trinajstić information content (AvgIpc) is 1.61. The molecule has 0 aliphatic carbocycles. The summed E-state index contributed by atoms with van der Waals surface area (Å²) < 4.78 is 0.252. The molecule has 0 aromatic rings. The van der Waals surface area contributed by atoms with Crippen molar-refractivity contribution in [3.05, 3.63) is 0 Å². The molecule has 0 unspecified atom stereocenters. The second-order valence-electron chi connectivity index (χ2n) is 0.823. The van der Waals surface area contributed by atoms with E-state index in [-0.39, 0.29) is 33.9 Å². The van der Waals surface area contributed by atoms with Crippen LogP contribution in [0.1, 0.15) is 6.92 Å². The first-order valence-corrected chi connectivity index (χ1v) is 2.67. The van der Waals surface area contributed by atoms with Crippen LogP contribution in [0.4, 0.5) is 0 Å². The molecule has 0 radical (unpaired) electrons. The van der Waals surface area contributed by atoms with Crippen molar-refractivity contribution < 1.29 is 34.4 Å². The minimum atomic E-state index is 0. The fourth-order valence-electron chi connectivity index (χ4n) is 0.131. The monoisotopic (exact) mass is 159 g/mol. The van der Waals surface area contributed by atoms with Crippen molar-refractivity contribution in [3.63, 3.8) is 0 Å². The second kappa shape index (κ2) is 8.07. The standard InChI is InChI=1S/C3H7NOS2.Na/c1-2-5-4-3(6)7;/h2H2,1H3,(H2,4,6,7);/q;+1/p-1. The van der Waals surface area contributed by atoms with Gasteiger partial charge >= 0.3 is 29.6 Å². The summed E-state index contributed by atoms with van der Waals surface area (Å²) in [5, 5.41) is 0. The number of hydroxylamine groups is 1. The maximum absolute atomic E-state index is 4.60. The van der Waals surface area contributed by atoms with E-state index >= 15 is 0 Å². The molecule has 42 valence electrons. The fourth-order valence-corrected chi connectivity index (χ4v) is 0.249. The van der Waals surface area contributed by atoms with Gasteiger partial charge in [-0.1, -0.05) is 0 Å². The average molecular weight is 159 g/mol. The molecule has 0 atom stereocenters. The van der Waals surface area contributed by atoms with Gasteiger partial charge in [-0.15, -0.1) is 0 Å². The molecule has 5 heteroatoms. The number of rotatable bonds is 2. The summed E-state index contributed by atoms with van der Waals surface area (Å²) in [5.41, 5.74) is 2.34. The van der Waals surface area contributed by atoms with E-state index in [1.807, 2.05) is 6.92 Å². The maximum Gasteiger partial charge on any atom is 1.00 e. The smallest absolute Gasteiger partial charge is 0.409 e. The third kappa shape index (κ3) is 10.1. The maximum atomic E-state index is 4.60. The van der Waals surface area contributed by atoms with Crippen molar-refractivity contribution in [2.24, 2.45) is 0 Å². The van der Waals surface area contributed by atoms with E-state index in [1.165, 1.54) is 0 Å². The van der Waals surface area contributed by atoms with E-state index in [1.54, 1.807) is 0 Å². The largest absolute Gasteiger partial charge is 1.00 e. The number of nitrogens with one attached hydrogen (secondary N) is 1. The van der Waals surface area contributed by atoms with Crippen LogP contribution in [0, 0.1) is 0 Å². The molecule has 0 saturated carbocycles. The van der Waals surface area contributed by atoms with Gasteiger partial charge in [0.15, 0.2) is 0 Å². The Labute approximate surface area is 82.0 Å². The zero-order valence-corrected chi connectivity index (χ0v) is 8.56. The summed E-state index contributed by atoms with van der Waals surface area (Å²) in [5.74, 6) is 0. The molecule has 2 nitrogen and oxygen atoms in total. The fraction of sp³-hybridized carbons (Fsp3) is 0.667. The molecule has 0 aromatic heterocycles. The van der Waals surface area contributed by atoms with Gasteiger partial charge in [-0.3, -0.25) is 10.3 Å². The van der Waals surface area contributed by atoms with E-state index < -0.39 is 0 Å². The first kappa shape index (κ1) is 11.8. The Morgan fingerprint density at radius 1 is 1.88 bits per heavy atom. The van der Waals surface area contributed by atoms with Gasteiger partial charge in [-0.2, -0.15) is 0 Å². The van der Waals surface area contributed by atoms with Gasteiger partial charge in [-0.25, -0.2) is 0 Å². The summed E-state index contributed by atoms with van der Waals surface area (Å²) in [6.07, 6.45) is 0. The quantitative estimate of drug-likeness (QED) is 0.206. The van der Waals surface area contributed by atoms with E-state index in [0.717, 1.165) is 0 Å². The molecular formula is C3H6NNaOS2. The minimum absolute atomic E-state index is 0. The van der Waals surface area contributed by atoms with Crippen molar-refractivity contribution in [1.82, 2.24) is 5.48 Å². The predicted octanol–water partition coefficient (Wildman–Crippen LogP) is -2.64. The summed E-state index contributed by atoms with van der Waals surface area (Å²) >= 11 is 8.88. The Bertz CT molecular complexity index is 70.3. The summed E-state index contributed by atoms with van der Waals surface area (Å²) in [6, 6.07) is 0. The van der Waals surface area contributed by atoms with Crippen LogP contribution < -0.4 is 35.0 Å². The molecule has 0 heterocycles. The van der Waals surface area contributed by atoms with Gasteiger partial charge in [0.25, 0.3) is 0 Å². The zero-order chi connectivity index (χ0) is 5.70. The Kier molecular flexibility index (Phi) is 11.9. The van der Waals surface area contributed by atoms with Gasteiger partial charge < -0.3 is 24.8 Å². The molecule has 0 aliphatic heterocycles. The van der Waals surface area contributed by atoms with Crippen LogP contribution in [0.15, 0.2) is 0 Å². The number of hydrogen-bond acceptors (Lipinski definition) is 3. The molecule has 8 heavy (non-hydrogen) atoms. The molecule has 1 N–H and O–H groups in total. The molecule has 0 aromatic carbocycles. The number of thiocarbonyl (C=S) groups is 1. The van der Waals surface area contributed by atoms with Crippen molar-refractivity contribution in [2.75, 3.05) is 6.61 Å². The molecule has 0 fully saturated rings. The first-order valence-electron chi connectivity index (χ1n) is 1.86. The molecule has 0 aliphatic rings. The zero-order valence-electron chi connectivity index (χ0n) is 4.93. The van der Waals surface area contributed by atoms with Gasteiger partial charge in [0.05, 0.1) is 6.61 Å². The van der Waals surface area contributed by atoms with Gasteiger partial charge in [-0.05, 0) is 11.2 Å². The Balaban J connectivity index is 0. The molecular weight excluding hydrogens is 153 g/mol. The number of hydrogen-bond donors (Lipinski definition) is 1. The summed E-state index contributed by atoms with van der Waals surface area (Å²) in [6.45, 7) is 2.43. The molecule has 0 bridgehead atoms. The Morgan fingerprint density at radius 2 is 2.38 bits per heavy atom. The molecule has 0 saturated heterocycles. The van der Waals surface area contributed by atoms with Crippen LogP contribution in [0.2, 0.25) is 0 Å². The third-order valence-corrected chi connectivity index (χ3v) is 0.467. The van der Waals surface area contributed by atoms with E-state index in [0.29, 0.717) is 6.61 Å². The summed E-state index contributed by atoms with van der Waals surface area (Å²) in [4.78, 5) is 4.60. The van der Waals surface area contributed by atoms with E-state index in [2.05, 4.69) is 35.2 Å². The first-order chi connectivity index (χ1) is 3.27. The van der Waals surface area contributed by atoms with Crippen molar-refractivity contribution in [3.8, 4) is 0 Å². The van der Waals surface area contributed by atoms with Gasteiger partial charge in [0, 0.05) is 0 Å². The Morgan fingerprint density at radius 3 is 2.50 bits per heavy atom. The van der Waals surface area contributed by atoms with E-state index in [9.17, 15) is 0 Å². The van der Waals surface area contributed by atoms with Crippen LogP contribution in [0.3, 0.4) is 0 Å². The normalized spacial score (nSPS) is 7.12. The van der Waals surface area contributed by atoms with Crippen LogP contribution in [-0.4, -0.2) is 10.9 Å². The topological polar surface area (TPSA) is 21.3 Å². The van der Waals surface area contributed by atoms with Crippen LogP contribution in [0.25, 0.3) is 0 Å². The third-order valence-electron chi connectivity index (χ3n) is 0.300. The van der Waals surface area contributed by atoms with Crippen LogP contribution in [-0.2, 0) is 17.5 Å². The van der Waals surface area contributed by atoms with Crippen LogP contribution in [0.5, 0.6) is 0 Å². The van der Waals surface area contributed by atoms with Crippen LogP contribution >= 0.6 is 12.2 Å². The summed E-state index contributed by atoms with van der Waals surface area (Å²) in [7, 11) is 0. The van der Waals surface area contributed by atoms with Crippen molar-refractivity contribution in [2.45, 2.75) is 6.92 Å². The molecule has 0 rings (SSSR count). The predicted molar refractivity (Wildman–Crippen MR) is 34.7 cm³/mol. The van der Waals surface area contributed by atoms with Gasteiger partial charge in [0.2, 0.25) is 0 Å². The van der Waals surface area contributed by atoms with E-state index in [4.69, 9.17) is 0 Å². The molecule has 0 spiro atoms.